The predicted octanol–water partition coefficient (Wildman–Crippen LogP) is 1.26. The number of halogens is 1. The maximum atomic E-state index is 12.5. The third-order valence-electron chi connectivity index (χ3n) is 1.71. The molecule has 70 valence electrons. The molecule has 0 bridgehead atoms. The molecule has 0 aromatic carbocycles. The maximum Gasteiger partial charge on any atom is 0.212 e. The Kier molecular flexibility index (Phi) is 2.06. The van der Waals surface area contributed by atoms with E-state index < -0.39 is 5.95 Å². The van der Waals surface area contributed by atoms with E-state index in [9.17, 15) is 4.39 Å². The minimum Gasteiger partial charge on any atom is -0.384 e. The molecule has 14 heavy (non-hydrogen) atoms. The number of hydrogen-bond acceptors (Lipinski definition) is 4. The Balaban J connectivity index is 2.44. The van der Waals surface area contributed by atoms with Crippen molar-refractivity contribution in [3.05, 3.63) is 36.7 Å². The lowest BCUT2D eigenvalue weighted by molar-refractivity contribution is 0.584. The number of pyridine rings is 1. The van der Waals surface area contributed by atoms with Crippen LogP contribution in [0, 0.1) is 5.95 Å². The summed E-state index contributed by atoms with van der Waals surface area (Å²) in [5, 5.41) is 0. The maximum absolute atomic E-state index is 12.5. The minimum atomic E-state index is -0.518. The summed E-state index contributed by atoms with van der Waals surface area (Å²) in [5.74, 6) is -0.143. The lowest BCUT2D eigenvalue weighted by atomic mass is 10.2. The van der Waals surface area contributed by atoms with Crippen molar-refractivity contribution < 1.29 is 4.39 Å². The van der Waals surface area contributed by atoms with E-state index in [0.29, 0.717) is 17.1 Å². The van der Waals surface area contributed by atoms with Gasteiger partial charge in [0.25, 0.3) is 0 Å². The zero-order valence-corrected chi connectivity index (χ0v) is 7.18. The second-order valence-corrected chi connectivity index (χ2v) is 2.70. The summed E-state index contributed by atoms with van der Waals surface area (Å²) in [4.78, 5) is 11.3. The Morgan fingerprint density at radius 3 is 2.64 bits per heavy atom. The second kappa shape index (κ2) is 3.37. The standard InChI is InChI=1S/C9H7FN4/c10-8-2-1-6(4-12-8)7-3-9(11)14-5-13-7/h1-5H,(H2,11,13,14). The summed E-state index contributed by atoms with van der Waals surface area (Å²) in [6, 6.07) is 4.46. The monoisotopic (exact) mass is 190 g/mol. The fourth-order valence-corrected chi connectivity index (χ4v) is 1.06. The Morgan fingerprint density at radius 2 is 2.00 bits per heavy atom. The van der Waals surface area contributed by atoms with E-state index in [1.165, 1.54) is 18.6 Å². The zero-order valence-electron chi connectivity index (χ0n) is 7.18. The van der Waals surface area contributed by atoms with Gasteiger partial charge in [-0.3, -0.25) is 0 Å². The van der Waals surface area contributed by atoms with Gasteiger partial charge in [0.1, 0.15) is 12.1 Å². The average Bonchev–Trinajstić information content (AvgIpc) is 2.19. The molecular weight excluding hydrogens is 183 g/mol. The zero-order chi connectivity index (χ0) is 9.97. The van der Waals surface area contributed by atoms with Crippen LogP contribution < -0.4 is 5.73 Å². The summed E-state index contributed by atoms with van der Waals surface area (Å²) in [5.41, 5.74) is 6.82. The first kappa shape index (κ1) is 8.55. The SMILES string of the molecule is Nc1cc(-c2ccc(F)nc2)ncn1. The van der Waals surface area contributed by atoms with Gasteiger partial charge < -0.3 is 5.73 Å². The van der Waals surface area contributed by atoms with Gasteiger partial charge in [0, 0.05) is 17.8 Å². The van der Waals surface area contributed by atoms with Crippen LogP contribution in [-0.2, 0) is 0 Å². The highest BCUT2D eigenvalue weighted by atomic mass is 19.1. The first-order valence-electron chi connectivity index (χ1n) is 3.95. The fraction of sp³-hybridized carbons (Fsp3) is 0. The van der Waals surface area contributed by atoms with Crippen LogP contribution in [0.15, 0.2) is 30.7 Å². The highest BCUT2D eigenvalue weighted by Gasteiger charge is 2.00. The lowest BCUT2D eigenvalue weighted by Gasteiger charge is -1.99. The van der Waals surface area contributed by atoms with Gasteiger partial charge in [0.15, 0.2) is 0 Å². The molecule has 0 atom stereocenters. The quantitative estimate of drug-likeness (QED) is 0.687. The van der Waals surface area contributed by atoms with Gasteiger partial charge >= 0.3 is 0 Å². The number of anilines is 1. The number of nitrogen functional groups attached to an aromatic ring is 1. The molecule has 2 N–H and O–H groups in total. The second-order valence-electron chi connectivity index (χ2n) is 2.70. The molecule has 0 saturated heterocycles. The van der Waals surface area contributed by atoms with E-state index in [2.05, 4.69) is 15.0 Å². The molecule has 0 saturated carbocycles. The van der Waals surface area contributed by atoms with E-state index in [1.54, 1.807) is 12.1 Å². The van der Waals surface area contributed by atoms with Gasteiger partial charge in [-0.2, -0.15) is 4.39 Å². The van der Waals surface area contributed by atoms with Crippen molar-refractivity contribution in [1.29, 1.82) is 0 Å². The molecule has 2 aromatic heterocycles. The van der Waals surface area contributed by atoms with Crippen molar-refractivity contribution in [1.82, 2.24) is 15.0 Å². The first-order valence-corrected chi connectivity index (χ1v) is 3.95. The molecule has 5 heteroatoms. The summed E-state index contributed by atoms with van der Waals surface area (Å²) in [6.45, 7) is 0. The van der Waals surface area contributed by atoms with Crippen LogP contribution in [0.25, 0.3) is 11.3 Å². The van der Waals surface area contributed by atoms with E-state index in [1.807, 2.05) is 0 Å². The summed E-state index contributed by atoms with van der Waals surface area (Å²) in [6.07, 6.45) is 2.76. The number of aromatic nitrogens is 3. The van der Waals surface area contributed by atoms with E-state index >= 15 is 0 Å². The highest BCUT2D eigenvalue weighted by molar-refractivity contribution is 5.59. The molecule has 0 aliphatic carbocycles. The van der Waals surface area contributed by atoms with Crippen LogP contribution in [0.1, 0.15) is 0 Å². The smallest absolute Gasteiger partial charge is 0.212 e. The molecule has 0 unspecified atom stereocenters. The molecule has 4 nitrogen and oxygen atoms in total. The Hall–Kier alpha value is -2.04. The minimum absolute atomic E-state index is 0.374. The number of nitrogens with zero attached hydrogens (tertiary/aromatic N) is 3. The van der Waals surface area contributed by atoms with E-state index in [0.717, 1.165) is 0 Å². The van der Waals surface area contributed by atoms with Crippen LogP contribution in [0.4, 0.5) is 10.2 Å². The number of rotatable bonds is 1. The Labute approximate surface area is 79.7 Å². The highest BCUT2D eigenvalue weighted by Crippen LogP contribution is 2.16. The summed E-state index contributed by atoms with van der Waals surface area (Å²) in [7, 11) is 0. The van der Waals surface area contributed by atoms with Crippen molar-refractivity contribution in [2.45, 2.75) is 0 Å². The van der Waals surface area contributed by atoms with Crippen molar-refractivity contribution in [3.63, 3.8) is 0 Å². The van der Waals surface area contributed by atoms with Gasteiger partial charge in [0.05, 0.1) is 5.69 Å². The third-order valence-corrected chi connectivity index (χ3v) is 1.71. The van der Waals surface area contributed by atoms with Gasteiger partial charge in [-0.15, -0.1) is 0 Å². The molecule has 2 aromatic rings. The molecule has 0 spiro atoms. The molecule has 0 aliphatic rings. The molecular formula is C9H7FN4. The predicted molar refractivity (Wildman–Crippen MR) is 49.6 cm³/mol. The van der Waals surface area contributed by atoms with Crippen LogP contribution >= 0.6 is 0 Å². The number of hydrogen-bond donors (Lipinski definition) is 1. The van der Waals surface area contributed by atoms with Gasteiger partial charge in [0.2, 0.25) is 5.95 Å². The van der Waals surface area contributed by atoms with Crippen molar-refractivity contribution in [2.24, 2.45) is 0 Å². The van der Waals surface area contributed by atoms with Crippen molar-refractivity contribution >= 4 is 5.82 Å². The third kappa shape index (κ3) is 1.66. The molecule has 0 fully saturated rings. The van der Waals surface area contributed by atoms with Gasteiger partial charge in [-0.25, -0.2) is 15.0 Å². The largest absolute Gasteiger partial charge is 0.384 e. The summed E-state index contributed by atoms with van der Waals surface area (Å²) >= 11 is 0. The van der Waals surface area contributed by atoms with Crippen molar-refractivity contribution in [3.8, 4) is 11.3 Å². The average molecular weight is 190 g/mol. The normalized spacial score (nSPS) is 10.1. The lowest BCUT2D eigenvalue weighted by Crippen LogP contribution is -1.93. The number of nitrogens with two attached hydrogens (primary N) is 1. The van der Waals surface area contributed by atoms with E-state index in [-0.39, 0.29) is 0 Å². The fourth-order valence-electron chi connectivity index (χ4n) is 1.06. The molecule has 0 aliphatic heterocycles. The Morgan fingerprint density at radius 1 is 1.14 bits per heavy atom. The summed E-state index contributed by atoms with van der Waals surface area (Å²) < 4.78 is 12.5. The van der Waals surface area contributed by atoms with Crippen LogP contribution in [-0.4, -0.2) is 15.0 Å². The first-order chi connectivity index (χ1) is 6.75. The van der Waals surface area contributed by atoms with Gasteiger partial charge in [-0.1, -0.05) is 0 Å². The van der Waals surface area contributed by atoms with Crippen LogP contribution in [0.5, 0.6) is 0 Å². The molecule has 2 heterocycles. The van der Waals surface area contributed by atoms with E-state index in [4.69, 9.17) is 5.73 Å². The Bertz CT molecular complexity index is 441. The van der Waals surface area contributed by atoms with Gasteiger partial charge in [-0.05, 0) is 12.1 Å². The molecule has 0 amide bonds. The van der Waals surface area contributed by atoms with Crippen LogP contribution in [0.3, 0.4) is 0 Å². The topological polar surface area (TPSA) is 64.7 Å². The van der Waals surface area contributed by atoms with Crippen LogP contribution in [0.2, 0.25) is 0 Å². The molecule has 0 radical (unpaired) electrons. The molecule has 2 rings (SSSR count). The van der Waals surface area contributed by atoms with Crippen molar-refractivity contribution in [2.75, 3.05) is 5.73 Å².